The minimum atomic E-state index is 0.0390. The van der Waals surface area contributed by atoms with Gasteiger partial charge < -0.3 is 14.6 Å². The molecule has 0 aromatic heterocycles. The molecule has 1 saturated heterocycles. The number of fused-ring (bicyclic) bond motifs is 5. The highest BCUT2D eigenvalue weighted by Gasteiger charge is 2.55. The second-order valence-electron chi connectivity index (χ2n) is 9.34. The molecule has 2 unspecified atom stereocenters. The predicted octanol–water partition coefficient (Wildman–Crippen LogP) is 5.16. The van der Waals surface area contributed by atoms with Crippen LogP contribution in [0.25, 0.3) is 0 Å². The van der Waals surface area contributed by atoms with Crippen LogP contribution in [0.15, 0.2) is 18.2 Å². The first-order valence-electron chi connectivity index (χ1n) is 10.7. The lowest BCUT2D eigenvalue weighted by Crippen LogP contribution is -2.46. The van der Waals surface area contributed by atoms with Gasteiger partial charge in [-0.2, -0.15) is 0 Å². The quantitative estimate of drug-likeness (QED) is 0.795. The standard InChI is InChI=1S/C23H32O3/c1-23-12-11-18-17-8-6-16(24)14-15(17)5-7-19(18)20(23)9-10-21(23)26-22-4-2-3-13-25-22/h6,8,14,18-22,24H,2-5,7,9-13H2,1H3/t18-,19-,20+,21?,22?,23+/m1/s1. The molecule has 4 aliphatic rings. The molecule has 142 valence electrons. The molecule has 0 amide bonds. The SMILES string of the molecule is C[C@]12CC[C@@H]3c4ccc(O)cc4CC[C@H]3[C@@H]1CCC2OC1CCCCO1. The van der Waals surface area contributed by atoms with E-state index in [4.69, 9.17) is 9.47 Å². The number of hydrogen-bond acceptors (Lipinski definition) is 3. The van der Waals surface area contributed by atoms with E-state index in [0.717, 1.165) is 31.3 Å². The molecule has 3 aliphatic carbocycles. The van der Waals surface area contributed by atoms with Crippen LogP contribution < -0.4 is 0 Å². The summed E-state index contributed by atoms with van der Waals surface area (Å²) >= 11 is 0. The highest BCUT2D eigenvalue weighted by molar-refractivity contribution is 5.40. The third kappa shape index (κ3) is 2.70. The number of benzene rings is 1. The summed E-state index contributed by atoms with van der Waals surface area (Å²) in [7, 11) is 0. The molecule has 3 heteroatoms. The normalized spacial score (nSPS) is 42.0. The molecule has 0 bridgehead atoms. The third-order valence-electron chi connectivity index (χ3n) is 8.08. The molecule has 1 N–H and O–H groups in total. The molecule has 1 aliphatic heterocycles. The van der Waals surface area contributed by atoms with E-state index in [1.165, 1.54) is 56.1 Å². The smallest absolute Gasteiger partial charge is 0.157 e. The minimum Gasteiger partial charge on any atom is -0.508 e. The lowest BCUT2D eigenvalue weighted by Gasteiger charge is -2.51. The Morgan fingerprint density at radius 1 is 1.12 bits per heavy atom. The molecule has 1 heterocycles. The summed E-state index contributed by atoms with van der Waals surface area (Å²) < 4.78 is 12.4. The Morgan fingerprint density at radius 3 is 2.88 bits per heavy atom. The lowest BCUT2D eigenvalue weighted by molar-refractivity contribution is -0.212. The fraction of sp³-hybridized carbons (Fsp3) is 0.739. The van der Waals surface area contributed by atoms with Crippen molar-refractivity contribution in [3.05, 3.63) is 29.3 Å². The second-order valence-corrected chi connectivity index (χ2v) is 9.34. The lowest BCUT2D eigenvalue weighted by atomic mass is 9.55. The van der Waals surface area contributed by atoms with Crippen LogP contribution in [0.3, 0.4) is 0 Å². The number of ether oxygens (including phenoxy) is 2. The molecule has 3 fully saturated rings. The summed E-state index contributed by atoms with van der Waals surface area (Å²) in [5.74, 6) is 2.66. The van der Waals surface area contributed by atoms with Crippen LogP contribution in [-0.2, 0) is 15.9 Å². The number of phenolic OH excluding ortho intramolecular Hbond substituents is 1. The van der Waals surface area contributed by atoms with Gasteiger partial charge in [0.1, 0.15) is 5.75 Å². The average Bonchev–Trinajstić information content (AvgIpc) is 2.98. The van der Waals surface area contributed by atoms with Crippen LogP contribution in [0.1, 0.15) is 75.3 Å². The van der Waals surface area contributed by atoms with Crippen molar-refractivity contribution in [2.45, 2.75) is 83.0 Å². The first kappa shape index (κ1) is 17.1. The number of phenols is 1. The Balaban J connectivity index is 1.36. The first-order valence-corrected chi connectivity index (χ1v) is 10.7. The van der Waals surface area contributed by atoms with Crippen molar-refractivity contribution >= 4 is 0 Å². The summed E-state index contributed by atoms with van der Waals surface area (Å²) in [6.45, 7) is 3.37. The van der Waals surface area contributed by atoms with Crippen molar-refractivity contribution in [1.29, 1.82) is 0 Å². The minimum absolute atomic E-state index is 0.0390. The number of aryl methyl sites for hydroxylation is 1. The monoisotopic (exact) mass is 356 g/mol. The Morgan fingerprint density at radius 2 is 2.04 bits per heavy atom. The Hall–Kier alpha value is -1.06. The zero-order valence-corrected chi connectivity index (χ0v) is 16.0. The van der Waals surface area contributed by atoms with Gasteiger partial charge in [-0.25, -0.2) is 0 Å². The van der Waals surface area contributed by atoms with Gasteiger partial charge in [-0.3, -0.25) is 0 Å². The van der Waals surface area contributed by atoms with E-state index in [-0.39, 0.29) is 6.29 Å². The largest absolute Gasteiger partial charge is 0.508 e. The van der Waals surface area contributed by atoms with Crippen LogP contribution in [-0.4, -0.2) is 24.1 Å². The maximum absolute atomic E-state index is 9.84. The molecule has 3 nitrogen and oxygen atoms in total. The third-order valence-corrected chi connectivity index (χ3v) is 8.08. The fourth-order valence-electron chi connectivity index (χ4n) is 6.75. The maximum atomic E-state index is 9.84. The molecule has 1 aromatic rings. The van der Waals surface area contributed by atoms with Crippen molar-refractivity contribution in [3.8, 4) is 5.75 Å². The summed E-state index contributed by atoms with van der Waals surface area (Å²) in [5, 5.41) is 9.84. The number of aromatic hydroxyl groups is 1. The van der Waals surface area contributed by atoms with E-state index >= 15 is 0 Å². The summed E-state index contributed by atoms with van der Waals surface area (Å²) in [4.78, 5) is 0. The molecular formula is C23H32O3. The van der Waals surface area contributed by atoms with Gasteiger partial charge in [0.2, 0.25) is 0 Å². The Kier molecular flexibility index (Phi) is 4.28. The van der Waals surface area contributed by atoms with Crippen molar-refractivity contribution in [1.82, 2.24) is 0 Å². The molecule has 5 rings (SSSR count). The van der Waals surface area contributed by atoms with Gasteiger partial charge in [0.15, 0.2) is 6.29 Å². The van der Waals surface area contributed by atoms with Gasteiger partial charge in [-0.05, 0) is 104 Å². The maximum Gasteiger partial charge on any atom is 0.157 e. The zero-order valence-electron chi connectivity index (χ0n) is 16.0. The highest BCUT2D eigenvalue weighted by atomic mass is 16.7. The summed E-state index contributed by atoms with van der Waals surface area (Å²) in [6.07, 6.45) is 11.3. The van der Waals surface area contributed by atoms with Crippen molar-refractivity contribution < 1.29 is 14.6 Å². The van der Waals surface area contributed by atoms with Crippen LogP contribution in [0.4, 0.5) is 0 Å². The van der Waals surface area contributed by atoms with Gasteiger partial charge in [0.25, 0.3) is 0 Å². The van der Waals surface area contributed by atoms with E-state index < -0.39 is 0 Å². The van der Waals surface area contributed by atoms with Gasteiger partial charge >= 0.3 is 0 Å². The fourth-order valence-corrected chi connectivity index (χ4v) is 6.75. The van der Waals surface area contributed by atoms with Gasteiger partial charge in [-0.1, -0.05) is 13.0 Å². The Labute approximate surface area is 157 Å². The molecule has 1 aromatic carbocycles. The highest BCUT2D eigenvalue weighted by Crippen LogP contribution is 2.61. The van der Waals surface area contributed by atoms with Crippen molar-refractivity contribution in [2.24, 2.45) is 17.3 Å². The van der Waals surface area contributed by atoms with E-state index in [1.54, 1.807) is 0 Å². The molecule has 0 spiro atoms. The van der Waals surface area contributed by atoms with E-state index in [0.29, 0.717) is 23.2 Å². The molecular weight excluding hydrogens is 324 g/mol. The number of hydrogen-bond donors (Lipinski definition) is 1. The van der Waals surface area contributed by atoms with Gasteiger partial charge in [0, 0.05) is 6.61 Å². The molecule has 6 atom stereocenters. The van der Waals surface area contributed by atoms with Gasteiger partial charge in [0.05, 0.1) is 6.10 Å². The van der Waals surface area contributed by atoms with Gasteiger partial charge in [-0.15, -0.1) is 0 Å². The Bertz CT molecular complexity index is 665. The van der Waals surface area contributed by atoms with Crippen LogP contribution in [0.2, 0.25) is 0 Å². The number of rotatable bonds is 2. The van der Waals surface area contributed by atoms with E-state index in [1.807, 2.05) is 12.1 Å². The topological polar surface area (TPSA) is 38.7 Å². The van der Waals surface area contributed by atoms with Crippen LogP contribution in [0, 0.1) is 17.3 Å². The van der Waals surface area contributed by atoms with E-state index in [9.17, 15) is 5.11 Å². The van der Waals surface area contributed by atoms with Crippen molar-refractivity contribution in [3.63, 3.8) is 0 Å². The zero-order chi connectivity index (χ0) is 17.7. The predicted molar refractivity (Wildman–Crippen MR) is 101 cm³/mol. The average molecular weight is 357 g/mol. The van der Waals surface area contributed by atoms with E-state index in [2.05, 4.69) is 13.0 Å². The molecule has 0 radical (unpaired) electrons. The summed E-state index contributed by atoms with van der Waals surface area (Å²) in [5.41, 5.74) is 3.22. The van der Waals surface area contributed by atoms with Crippen LogP contribution >= 0.6 is 0 Å². The van der Waals surface area contributed by atoms with Crippen molar-refractivity contribution in [2.75, 3.05) is 6.61 Å². The van der Waals surface area contributed by atoms with Crippen LogP contribution in [0.5, 0.6) is 5.75 Å². The summed E-state index contributed by atoms with van der Waals surface area (Å²) in [6, 6.07) is 6.08. The first-order chi connectivity index (χ1) is 12.6. The second kappa shape index (κ2) is 6.53. The molecule has 26 heavy (non-hydrogen) atoms. The molecule has 2 saturated carbocycles.